The number of carbonyl (C=O) groups excluding carboxylic acids is 1. The van der Waals surface area contributed by atoms with E-state index in [9.17, 15) is 9.18 Å². The van der Waals surface area contributed by atoms with Crippen molar-refractivity contribution in [2.75, 3.05) is 18.9 Å². The fourth-order valence-corrected chi connectivity index (χ4v) is 1.36. The van der Waals surface area contributed by atoms with Crippen LogP contribution in [0.3, 0.4) is 0 Å². The lowest BCUT2D eigenvalue weighted by molar-refractivity contribution is 0.0949. The molecule has 0 aliphatic rings. The second-order valence-electron chi connectivity index (χ2n) is 4.02. The highest BCUT2D eigenvalue weighted by atomic mass is 19.1. The van der Waals surface area contributed by atoms with Crippen LogP contribution in [0.15, 0.2) is 18.2 Å². The molecule has 0 saturated heterocycles. The third kappa shape index (κ3) is 2.95. The van der Waals surface area contributed by atoms with E-state index in [1.807, 2.05) is 13.8 Å². The Balaban J connectivity index is 2.86. The molecule has 0 heterocycles. The van der Waals surface area contributed by atoms with Crippen LogP contribution in [0.4, 0.5) is 10.1 Å². The highest BCUT2D eigenvalue weighted by Gasteiger charge is 2.13. The highest BCUT2D eigenvalue weighted by molar-refractivity contribution is 5.99. The van der Waals surface area contributed by atoms with Crippen LogP contribution in [0, 0.1) is 11.7 Å². The SMILES string of the molecule is CNc1c(F)cccc1C(=O)NCC(C)C. The van der Waals surface area contributed by atoms with Gasteiger partial charge in [-0.1, -0.05) is 19.9 Å². The molecular weight excluding hydrogens is 207 g/mol. The van der Waals surface area contributed by atoms with Crippen LogP contribution < -0.4 is 10.6 Å². The summed E-state index contributed by atoms with van der Waals surface area (Å²) in [6.45, 7) is 4.59. The van der Waals surface area contributed by atoms with Crippen LogP contribution in [0.2, 0.25) is 0 Å². The lowest BCUT2D eigenvalue weighted by Crippen LogP contribution is -2.28. The van der Waals surface area contributed by atoms with Crippen LogP contribution in [-0.4, -0.2) is 19.5 Å². The molecule has 0 unspecified atom stereocenters. The van der Waals surface area contributed by atoms with Gasteiger partial charge in [-0.25, -0.2) is 4.39 Å². The monoisotopic (exact) mass is 224 g/mol. The molecule has 3 nitrogen and oxygen atoms in total. The number of rotatable bonds is 4. The first kappa shape index (κ1) is 12.5. The Morgan fingerprint density at radius 1 is 1.44 bits per heavy atom. The number of hydrogen-bond donors (Lipinski definition) is 2. The summed E-state index contributed by atoms with van der Waals surface area (Å²) in [6.07, 6.45) is 0. The molecule has 0 radical (unpaired) electrons. The van der Waals surface area contributed by atoms with Crippen molar-refractivity contribution in [2.24, 2.45) is 5.92 Å². The van der Waals surface area contributed by atoms with Crippen molar-refractivity contribution in [3.63, 3.8) is 0 Å². The molecule has 88 valence electrons. The predicted octanol–water partition coefficient (Wildman–Crippen LogP) is 2.25. The lowest BCUT2D eigenvalue weighted by atomic mass is 10.1. The molecule has 0 atom stereocenters. The number of para-hydroxylation sites is 1. The summed E-state index contributed by atoms with van der Waals surface area (Å²) in [6, 6.07) is 4.45. The molecule has 0 bridgehead atoms. The van der Waals surface area contributed by atoms with Gasteiger partial charge in [-0.3, -0.25) is 4.79 Å². The van der Waals surface area contributed by atoms with Crippen LogP contribution in [0.1, 0.15) is 24.2 Å². The molecule has 4 heteroatoms. The number of nitrogens with one attached hydrogen (secondary N) is 2. The Morgan fingerprint density at radius 3 is 2.69 bits per heavy atom. The minimum absolute atomic E-state index is 0.240. The third-order valence-electron chi connectivity index (χ3n) is 2.18. The molecule has 1 rings (SSSR count). The first-order valence-corrected chi connectivity index (χ1v) is 5.30. The summed E-state index contributed by atoms with van der Waals surface area (Å²) in [5.41, 5.74) is 0.576. The maximum atomic E-state index is 13.4. The van der Waals surface area contributed by atoms with Gasteiger partial charge in [0.25, 0.3) is 5.91 Å². The number of carbonyl (C=O) groups is 1. The number of amides is 1. The average molecular weight is 224 g/mol. The zero-order chi connectivity index (χ0) is 12.1. The molecule has 16 heavy (non-hydrogen) atoms. The lowest BCUT2D eigenvalue weighted by Gasteiger charge is -2.11. The largest absolute Gasteiger partial charge is 0.385 e. The number of benzene rings is 1. The fourth-order valence-electron chi connectivity index (χ4n) is 1.36. The van der Waals surface area contributed by atoms with Crippen LogP contribution in [0.25, 0.3) is 0 Å². The number of anilines is 1. The first-order valence-electron chi connectivity index (χ1n) is 5.30. The van der Waals surface area contributed by atoms with E-state index in [0.29, 0.717) is 18.0 Å². The van der Waals surface area contributed by atoms with Crippen molar-refractivity contribution in [1.82, 2.24) is 5.32 Å². The quantitative estimate of drug-likeness (QED) is 0.823. The average Bonchev–Trinajstić information content (AvgIpc) is 2.25. The summed E-state index contributed by atoms with van der Waals surface area (Å²) in [7, 11) is 1.59. The van der Waals surface area contributed by atoms with E-state index in [2.05, 4.69) is 10.6 Å². The maximum absolute atomic E-state index is 13.4. The Hall–Kier alpha value is -1.58. The first-order chi connectivity index (χ1) is 7.56. The zero-order valence-corrected chi connectivity index (χ0v) is 9.80. The summed E-state index contributed by atoms with van der Waals surface area (Å²) in [5.74, 6) is -0.298. The van der Waals surface area contributed by atoms with E-state index in [-0.39, 0.29) is 11.6 Å². The minimum Gasteiger partial charge on any atom is -0.385 e. The van der Waals surface area contributed by atoms with E-state index in [4.69, 9.17) is 0 Å². The van der Waals surface area contributed by atoms with Gasteiger partial charge >= 0.3 is 0 Å². The van der Waals surface area contributed by atoms with Crippen molar-refractivity contribution in [3.8, 4) is 0 Å². The maximum Gasteiger partial charge on any atom is 0.253 e. The number of halogens is 1. The van der Waals surface area contributed by atoms with Gasteiger partial charge in [0, 0.05) is 13.6 Å². The molecule has 0 spiro atoms. The molecule has 1 aromatic carbocycles. The molecule has 0 aliphatic carbocycles. The summed E-state index contributed by atoms with van der Waals surface area (Å²) in [4.78, 5) is 11.8. The van der Waals surface area contributed by atoms with Crippen molar-refractivity contribution >= 4 is 11.6 Å². The summed E-state index contributed by atoms with van der Waals surface area (Å²) >= 11 is 0. The molecule has 2 N–H and O–H groups in total. The molecule has 1 amide bonds. The third-order valence-corrected chi connectivity index (χ3v) is 2.18. The van der Waals surface area contributed by atoms with Crippen molar-refractivity contribution < 1.29 is 9.18 Å². The van der Waals surface area contributed by atoms with E-state index < -0.39 is 5.82 Å². The minimum atomic E-state index is -0.417. The Morgan fingerprint density at radius 2 is 2.12 bits per heavy atom. The van der Waals surface area contributed by atoms with Gasteiger partial charge in [-0.15, -0.1) is 0 Å². The molecule has 0 fully saturated rings. The Kier molecular flexibility index (Phi) is 4.28. The molecule has 0 saturated carbocycles. The molecule has 1 aromatic rings. The Bertz CT molecular complexity index is 377. The van der Waals surface area contributed by atoms with Crippen molar-refractivity contribution in [3.05, 3.63) is 29.6 Å². The van der Waals surface area contributed by atoms with Crippen molar-refractivity contribution in [2.45, 2.75) is 13.8 Å². The smallest absolute Gasteiger partial charge is 0.253 e. The number of hydrogen-bond acceptors (Lipinski definition) is 2. The highest BCUT2D eigenvalue weighted by Crippen LogP contribution is 2.18. The standard InChI is InChI=1S/C12H17FN2O/c1-8(2)7-15-12(16)9-5-4-6-10(13)11(9)14-3/h4-6,8,14H,7H2,1-3H3,(H,15,16). The van der Waals surface area contributed by atoms with E-state index in [0.717, 1.165) is 0 Å². The van der Waals surface area contributed by atoms with E-state index in [1.54, 1.807) is 13.1 Å². The molecule has 0 aromatic heterocycles. The summed E-state index contributed by atoms with van der Waals surface area (Å²) in [5, 5.41) is 5.45. The van der Waals surface area contributed by atoms with Gasteiger partial charge in [0.05, 0.1) is 11.3 Å². The van der Waals surface area contributed by atoms with E-state index in [1.165, 1.54) is 12.1 Å². The van der Waals surface area contributed by atoms with Crippen LogP contribution in [-0.2, 0) is 0 Å². The normalized spacial score (nSPS) is 10.3. The summed E-state index contributed by atoms with van der Waals surface area (Å²) < 4.78 is 13.4. The van der Waals surface area contributed by atoms with Gasteiger partial charge < -0.3 is 10.6 Å². The second kappa shape index (κ2) is 5.49. The van der Waals surface area contributed by atoms with Gasteiger partial charge in [0.15, 0.2) is 0 Å². The van der Waals surface area contributed by atoms with Gasteiger partial charge in [-0.05, 0) is 18.1 Å². The topological polar surface area (TPSA) is 41.1 Å². The van der Waals surface area contributed by atoms with Gasteiger partial charge in [0.1, 0.15) is 5.82 Å². The van der Waals surface area contributed by atoms with Crippen LogP contribution >= 0.6 is 0 Å². The zero-order valence-electron chi connectivity index (χ0n) is 9.80. The van der Waals surface area contributed by atoms with Crippen LogP contribution in [0.5, 0.6) is 0 Å². The van der Waals surface area contributed by atoms with E-state index >= 15 is 0 Å². The second-order valence-corrected chi connectivity index (χ2v) is 4.02. The molecular formula is C12H17FN2O. The Labute approximate surface area is 95.0 Å². The molecule has 0 aliphatic heterocycles. The fraction of sp³-hybridized carbons (Fsp3) is 0.417. The van der Waals surface area contributed by atoms with Crippen molar-refractivity contribution in [1.29, 1.82) is 0 Å². The van der Waals surface area contributed by atoms with Gasteiger partial charge in [-0.2, -0.15) is 0 Å². The predicted molar refractivity (Wildman–Crippen MR) is 63.1 cm³/mol. The van der Waals surface area contributed by atoms with Gasteiger partial charge in [0.2, 0.25) is 0 Å².